The Hall–Kier alpha value is -4.04. The number of carbonyl (C=O) groups excluding carboxylic acids is 3. The predicted octanol–water partition coefficient (Wildman–Crippen LogP) is 2.81. The van der Waals surface area contributed by atoms with E-state index in [1.807, 2.05) is 48.5 Å². The largest absolute Gasteiger partial charge is 0.497 e. The molecule has 0 spiro atoms. The van der Waals surface area contributed by atoms with Crippen LogP contribution in [0.15, 0.2) is 60.8 Å². The number of imide groups is 1. The summed E-state index contributed by atoms with van der Waals surface area (Å²) in [6, 6.07) is 17.0. The van der Waals surface area contributed by atoms with E-state index in [0.717, 1.165) is 34.7 Å². The lowest BCUT2D eigenvalue weighted by Gasteiger charge is -2.29. The molecular weight excluding hydrogens is 444 g/mol. The number of benzene rings is 2. The molecule has 0 radical (unpaired) electrons. The lowest BCUT2D eigenvalue weighted by atomic mass is 10.0. The summed E-state index contributed by atoms with van der Waals surface area (Å²) in [7, 11) is 1.65. The maximum absolute atomic E-state index is 12.9. The van der Waals surface area contributed by atoms with Crippen LogP contribution in [0.2, 0.25) is 0 Å². The number of hydrogen-bond acceptors (Lipinski definition) is 6. The zero-order chi connectivity index (χ0) is 24.4. The number of ether oxygens (including phenoxy) is 1. The molecule has 2 N–H and O–H groups in total. The van der Waals surface area contributed by atoms with Crippen LogP contribution in [-0.4, -0.2) is 40.8 Å². The molecule has 3 amide bonds. The molecule has 1 aromatic heterocycles. The van der Waals surface area contributed by atoms with E-state index in [1.54, 1.807) is 24.3 Å². The molecule has 0 aliphatic carbocycles. The highest BCUT2D eigenvalue weighted by molar-refractivity contribution is 6.05. The number of methoxy groups -OCH3 is 1. The molecule has 2 aliphatic rings. The molecule has 1 unspecified atom stereocenters. The second kappa shape index (κ2) is 9.68. The van der Waals surface area contributed by atoms with Gasteiger partial charge in [0.1, 0.15) is 11.8 Å². The quantitative estimate of drug-likeness (QED) is 0.515. The Bertz CT molecular complexity index is 1290. The summed E-state index contributed by atoms with van der Waals surface area (Å²) in [5.41, 5.74) is 5.47. The lowest BCUT2D eigenvalue weighted by molar-refractivity contribution is -0.136. The first kappa shape index (κ1) is 22.7. The van der Waals surface area contributed by atoms with Gasteiger partial charge in [-0.15, -0.1) is 0 Å². The molecule has 2 aromatic carbocycles. The fraction of sp³-hybridized carbons (Fsp3) is 0.259. The monoisotopic (exact) mass is 470 g/mol. The van der Waals surface area contributed by atoms with Gasteiger partial charge in [-0.3, -0.25) is 24.7 Å². The van der Waals surface area contributed by atoms with Gasteiger partial charge in [0.25, 0.3) is 5.91 Å². The number of fused-ring (bicyclic) bond motifs is 1. The number of aromatic nitrogens is 1. The zero-order valence-electron chi connectivity index (χ0n) is 19.4. The second-order valence-electron chi connectivity index (χ2n) is 8.77. The van der Waals surface area contributed by atoms with Crippen LogP contribution in [0.4, 0.5) is 0 Å². The van der Waals surface area contributed by atoms with Crippen LogP contribution >= 0.6 is 0 Å². The average molecular weight is 471 g/mol. The van der Waals surface area contributed by atoms with Crippen LogP contribution < -0.4 is 15.4 Å². The molecule has 1 atom stereocenters. The molecule has 2 aliphatic heterocycles. The van der Waals surface area contributed by atoms with Gasteiger partial charge >= 0.3 is 0 Å². The zero-order valence-corrected chi connectivity index (χ0v) is 19.4. The first-order valence-electron chi connectivity index (χ1n) is 11.6. The van der Waals surface area contributed by atoms with E-state index in [-0.39, 0.29) is 18.2 Å². The highest BCUT2D eigenvalue weighted by Crippen LogP contribution is 2.30. The van der Waals surface area contributed by atoms with Crippen LogP contribution in [0, 0.1) is 0 Å². The number of nitrogens with zero attached hydrogens (tertiary/aromatic N) is 2. The van der Waals surface area contributed by atoms with Crippen molar-refractivity contribution in [3.05, 3.63) is 83.0 Å². The molecule has 35 heavy (non-hydrogen) atoms. The maximum atomic E-state index is 12.9. The summed E-state index contributed by atoms with van der Waals surface area (Å²) >= 11 is 0. The number of rotatable bonds is 7. The number of carbonyl (C=O) groups is 3. The normalized spacial score (nSPS) is 17.3. The molecule has 178 valence electrons. The van der Waals surface area contributed by atoms with Gasteiger partial charge in [-0.1, -0.05) is 18.2 Å². The molecule has 3 aromatic rings. The molecule has 1 fully saturated rings. The summed E-state index contributed by atoms with van der Waals surface area (Å²) < 4.78 is 5.20. The van der Waals surface area contributed by atoms with Crippen molar-refractivity contribution in [1.82, 2.24) is 20.5 Å². The maximum Gasteiger partial charge on any atom is 0.255 e. The highest BCUT2D eigenvalue weighted by atomic mass is 16.5. The van der Waals surface area contributed by atoms with Gasteiger partial charge < -0.3 is 15.0 Å². The number of hydrogen-bond donors (Lipinski definition) is 2. The van der Waals surface area contributed by atoms with Crippen molar-refractivity contribution in [2.75, 3.05) is 7.11 Å². The minimum absolute atomic E-state index is 0.175. The van der Waals surface area contributed by atoms with Crippen molar-refractivity contribution in [1.29, 1.82) is 0 Å². The summed E-state index contributed by atoms with van der Waals surface area (Å²) in [6.45, 7) is 1.77. The van der Waals surface area contributed by atoms with Gasteiger partial charge in [-0.25, -0.2) is 0 Å². The Morgan fingerprint density at radius 1 is 1.03 bits per heavy atom. The van der Waals surface area contributed by atoms with Crippen LogP contribution in [0.3, 0.4) is 0 Å². The van der Waals surface area contributed by atoms with Crippen molar-refractivity contribution >= 4 is 17.7 Å². The van der Waals surface area contributed by atoms with E-state index in [1.165, 1.54) is 5.56 Å². The van der Waals surface area contributed by atoms with Crippen LogP contribution in [0.1, 0.15) is 39.9 Å². The highest BCUT2D eigenvalue weighted by Gasteiger charge is 2.39. The first-order chi connectivity index (χ1) is 17.0. The molecule has 0 saturated carbocycles. The Morgan fingerprint density at radius 2 is 1.83 bits per heavy atom. The third kappa shape index (κ3) is 4.79. The molecule has 8 heteroatoms. The number of piperidine rings is 1. The number of nitrogens with one attached hydrogen (secondary N) is 2. The van der Waals surface area contributed by atoms with Gasteiger partial charge in [0, 0.05) is 43.4 Å². The van der Waals surface area contributed by atoms with Crippen molar-refractivity contribution in [2.24, 2.45) is 0 Å². The van der Waals surface area contributed by atoms with Crippen LogP contribution in [0.5, 0.6) is 5.75 Å². The Balaban J connectivity index is 1.26. The van der Waals surface area contributed by atoms with Crippen molar-refractivity contribution in [3.8, 4) is 17.0 Å². The standard InChI is InChI=1S/C27H26N4O4/c1-35-21-5-2-17(3-6-21)14-28-15-18-10-11-29-23(12-18)19-4-7-22-20(13-19)16-31(27(22)34)24-8-9-25(32)30-26(24)33/h2-7,10-13,24,28H,8-9,14-16H2,1H3,(H,30,32,33). The fourth-order valence-electron chi connectivity index (χ4n) is 4.57. The summed E-state index contributed by atoms with van der Waals surface area (Å²) in [5.74, 6) is -0.0319. The molecule has 8 nitrogen and oxygen atoms in total. The number of amides is 3. The van der Waals surface area contributed by atoms with Crippen molar-refractivity contribution < 1.29 is 19.1 Å². The van der Waals surface area contributed by atoms with Gasteiger partial charge in [-0.2, -0.15) is 0 Å². The molecular formula is C27H26N4O4. The van der Waals surface area contributed by atoms with Crippen molar-refractivity contribution in [3.63, 3.8) is 0 Å². The van der Waals surface area contributed by atoms with Gasteiger partial charge in [0.15, 0.2) is 0 Å². The Morgan fingerprint density at radius 3 is 2.60 bits per heavy atom. The van der Waals surface area contributed by atoms with E-state index in [2.05, 4.69) is 15.6 Å². The summed E-state index contributed by atoms with van der Waals surface area (Å²) in [6.07, 6.45) is 2.38. The van der Waals surface area contributed by atoms with E-state index in [4.69, 9.17) is 4.74 Å². The van der Waals surface area contributed by atoms with Crippen LogP contribution in [0.25, 0.3) is 11.3 Å². The van der Waals surface area contributed by atoms with Gasteiger partial charge in [0.05, 0.1) is 12.8 Å². The van der Waals surface area contributed by atoms with Gasteiger partial charge in [-0.05, 0) is 59.5 Å². The number of pyridine rings is 1. The SMILES string of the molecule is COc1ccc(CNCc2ccnc(-c3ccc4c(c3)CN(C3CCC(=O)NC3=O)C4=O)c2)cc1. The van der Waals surface area contributed by atoms with Gasteiger partial charge in [0.2, 0.25) is 11.8 Å². The second-order valence-corrected chi connectivity index (χ2v) is 8.77. The summed E-state index contributed by atoms with van der Waals surface area (Å²) in [5, 5.41) is 5.79. The molecule has 1 saturated heterocycles. The van der Waals surface area contributed by atoms with Crippen LogP contribution in [-0.2, 0) is 29.2 Å². The minimum Gasteiger partial charge on any atom is -0.497 e. The first-order valence-corrected chi connectivity index (χ1v) is 11.6. The van der Waals surface area contributed by atoms with E-state index in [9.17, 15) is 14.4 Å². The fourth-order valence-corrected chi connectivity index (χ4v) is 4.57. The smallest absolute Gasteiger partial charge is 0.255 e. The lowest BCUT2D eigenvalue weighted by Crippen LogP contribution is -2.52. The predicted molar refractivity (Wildman–Crippen MR) is 129 cm³/mol. The Labute approximate surface area is 203 Å². The van der Waals surface area contributed by atoms with E-state index < -0.39 is 11.9 Å². The summed E-state index contributed by atoms with van der Waals surface area (Å²) in [4.78, 5) is 42.8. The topological polar surface area (TPSA) is 101 Å². The average Bonchev–Trinajstić information content (AvgIpc) is 3.20. The van der Waals surface area contributed by atoms with E-state index >= 15 is 0 Å². The Kier molecular flexibility index (Phi) is 6.29. The van der Waals surface area contributed by atoms with Crippen molar-refractivity contribution in [2.45, 2.75) is 38.5 Å². The minimum atomic E-state index is -0.616. The third-order valence-electron chi connectivity index (χ3n) is 6.46. The molecule has 0 bridgehead atoms. The third-order valence-corrected chi connectivity index (χ3v) is 6.46. The molecule has 3 heterocycles. The van der Waals surface area contributed by atoms with E-state index in [0.29, 0.717) is 25.1 Å². The molecule has 5 rings (SSSR count).